The van der Waals surface area contributed by atoms with Gasteiger partial charge in [0.15, 0.2) is 11.6 Å². The average molecular weight is 517 g/mol. The number of pyridine rings is 2. The summed E-state index contributed by atoms with van der Waals surface area (Å²) in [5, 5.41) is 21.3. The second-order valence-corrected chi connectivity index (χ2v) is 9.56. The zero-order valence-electron chi connectivity index (χ0n) is 18.9. The van der Waals surface area contributed by atoms with E-state index in [1.165, 1.54) is 18.5 Å². The highest BCUT2D eigenvalue weighted by atomic mass is 35.5. The van der Waals surface area contributed by atoms with Crippen LogP contribution in [0.15, 0.2) is 42.9 Å². The number of fused-ring (bicyclic) bond motifs is 1. The number of aromatic amines is 1. The molecule has 0 atom stereocenters. The van der Waals surface area contributed by atoms with E-state index >= 15 is 4.39 Å². The molecule has 3 aromatic heterocycles. The van der Waals surface area contributed by atoms with E-state index in [2.05, 4.69) is 25.5 Å². The number of ether oxygens (including phenoxy) is 1. The van der Waals surface area contributed by atoms with Gasteiger partial charge in [-0.1, -0.05) is 23.2 Å². The molecule has 8 nitrogen and oxygen atoms in total. The van der Waals surface area contributed by atoms with Crippen LogP contribution >= 0.6 is 23.2 Å². The van der Waals surface area contributed by atoms with Crippen molar-refractivity contribution in [1.82, 2.24) is 25.5 Å². The maximum Gasteiger partial charge on any atom is 0.166 e. The molecule has 0 radical (unpaired) electrons. The van der Waals surface area contributed by atoms with E-state index in [4.69, 9.17) is 33.0 Å². The van der Waals surface area contributed by atoms with Crippen molar-refractivity contribution in [2.45, 2.75) is 19.1 Å². The second kappa shape index (κ2) is 9.58. The Balaban J connectivity index is 1.35. The molecule has 182 valence electrons. The minimum atomic E-state index is -0.419. The lowest BCUT2D eigenvalue weighted by atomic mass is 9.92. The van der Waals surface area contributed by atoms with Crippen LogP contribution in [0.25, 0.3) is 22.2 Å². The number of H-pyrrole nitrogens is 1. The SMILES string of the molecule is CC1(NCCO)CN(c2ncc(-c3n[nH]c4ccc(OCc5c(Cl)cncc5Cl)cc34)cc2F)C1. The van der Waals surface area contributed by atoms with Crippen LogP contribution in [0.5, 0.6) is 5.75 Å². The van der Waals surface area contributed by atoms with Crippen molar-refractivity contribution in [3.8, 4) is 17.0 Å². The molecule has 4 heterocycles. The third kappa shape index (κ3) is 4.77. The summed E-state index contributed by atoms with van der Waals surface area (Å²) >= 11 is 12.4. The molecule has 1 aromatic carbocycles. The number of halogens is 3. The molecule has 0 unspecified atom stereocenters. The lowest BCUT2D eigenvalue weighted by molar-refractivity contribution is 0.231. The third-order valence-electron chi connectivity index (χ3n) is 6.01. The number of aliphatic hydroxyl groups excluding tert-OH is 1. The van der Waals surface area contributed by atoms with E-state index < -0.39 is 5.82 Å². The minimum absolute atomic E-state index is 0.0620. The van der Waals surface area contributed by atoms with Gasteiger partial charge in [-0.2, -0.15) is 5.10 Å². The number of aliphatic hydroxyl groups is 1. The highest BCUT2D eigenvalue weighted by molar-refractivity contribution is 6.35. The summed E-state index contributed by atoms with van der Waals surface area (Å²) in [5.41, 5.74) is 2.38. The number of β-amino-alcohol motifs (C(OH)–C–C–N with tert-alkyl or cyclic N) is 1. The van der Waals surface area contributed by atoms with Crippen molar-refractivity contribution in [3.05, 3.63) is 64.3 Å². The number of rotatable bonds is 8. The Bertz CT molecular complexity index is 1360. The fourth-order valence-electron chi connectivity index (χ4n) is 4.24. The van der Waals surface area contributed by atoms with Gasteiger partial charge in [0.1, 0.15) is 18.1 Å². The number of benzene rings is 1. The third-order valence-corrected chi connectivity index (χ3v) is 6.66. The summed E-state index contributed by atoms with van der Waals surface area (Å²) in [7, 11) is 0. The van der Waals surface area contributed by atoms with E-state index in [1.807, 2.05) is 24.0 Å². The maximum absolute atomic E-state index is 15.0. The molecule has 1 saturated heterocycles. The molecule has 35 heavy (non-hydrogen) atoms. The molecule has 0 spiro atoms. The van der Waals surface area contributed by atoms with Crippen molar-refractivity contribution in [1.29, 1.82) is 0 Å². The van der Waals surface area contributed by atoms with Gasteiger partial charge in [0, 0.05) is 54.7 Å². The van der Waals surface area contributed by atoms with Crippen LogP contribution in [0, 0.1) is 5.82 Å². The fraction of sp³-hybridized carbons (Fsp3) is 0.292. The Morgan fingerprint density at radius 1 is 1.20 bits per heavy atom. The minimum Gasteiger partial charge on any atom is -0.489 e. The first-order chi connectivity index (χ1) is 16.9. The van der Waals surface area contributed by atoms with E-state index in [1.54, 1.807) is 12.3 Å². The number of hydrogen-bond acceptors (Lipinski definition) is 7. The number of aromatic nitrogens is 4. The molecule has 1 aliphatic heterocycles. The normalized spacial score (nSPS) is 14.8. The van der Waals surface area contributed by atoms with Crippen molar-refractivity contribution >= 4 is 39.9 Å². The van der Waals surface area contributed by atoms with Crippen LogP contribution in [-0.2, 0) is 6.61 Å². The summed E-state index contributed by atoms with van der Waals surface area (Å²) in [6.45, 7) is 3.98. The Kier molecular flexibility index (Phi) is 6.50. The molecule has 3 N–H and O–H groups in total. The van der Waals surface area contributed by atoms with E-state index in [0.29, 0.717) is 58.1 Å². The first kappa shape index (κ1) is 23.7. The molecule has 4 aromatic rings. The summed E-state index contributed by atoms with van der Waals surface area (Å²) in [5.74, 6) is 0.466. The predicted octanol–water partition coefficient (Wildman–Crippen LogP) is 4.21. The molecule has 11 heteroatoms. The number of hydrogen-bond donors (Lipinski definition) is 3. The summed E-state index contributed by atoms with van der Waals surface area (Å²) in [4.78, 5) is 10.2. The van der Waals surface area contributed by atoms with E-state index in [-0.39, 0.29) is 18.8 Å². The van der Waals surface area contributed by atoms with Gasteiger partial charge in [0.25, 0.3) is 0 Å². The van der Waals surface area contributed by atoms with Crippen molar-refractivity contribution in [3.63, 3.8) is 0 Å². The summed E-state index contributed by atoms with van der Waals surface area (Å²) in [6, 6.07) is 6.92. The molecular weight excluding hydrogens is 494 g/mol. The van der Waals surface area contributed by atoms with Gasteiger partial charge in [0.05, 0.1) is 27.7 Å². The molecule has 0 saturated carbocycles. The van der Waals surface area contributed by atoms with Crippen LogP contribution in [-0.4, -0.2) is 57.1 Å². The first-order valence-electron chi connectivity index (χ1n) is 11.0. The van der Waals surface area contributed by atoms with Gasteiger partial charge in [-0.3, -0.25) is 10.1 Å². The Morgan fingerprint density at radius 2 is 1.97 bits per heavy atom. The monoisotopic (exact) mass is 516 g/mol. The number of nitrogens with one attached hydrogen (secondary N) is 2. The van der Waals surface area contributed by atoms with Crippen molar-refractivity contribution < 1.29 is 14.2 Å². The predicted molar refractivity (Wildman–Crippen MR) is 134 cm³/mol. The number of nitrogens with zero attached hydrogens (tertiary/aromatic N) is 4. The maximum atomic E-state index is 15.0. The first-order valence-corrected chi connectivity index (χ1v) is 11.8. The summed E-state index contributed by atoms with van der Waals surface area (Å²) in [6.07, 6.45) is 4.65. The van der Waals surface area contributed by atoms with E-state index in [0.717, 1.165) is 10.9 Å². The lowest BCUT2D eigenvalue weighted by Crippen LogP contribution is -2.68. The summed E-state index contributed by atoms with van der Waals surface area (Å²) < 4.78 is 20.9. The Hall–Kier alpha value is -2.98. The van der Waals surface area contributed by atoms with Crippen LogP contribution in [0.3, 0.4) is 0 Å². The topological polar surface area (TPSA) is 99.2 Å². The highest BCUT2D eigenvalue weighted by Gasteiger charge is 2.39. The van der Waals surface area contributed by atoms with Gasteiger partial charge >= 0.3 is 0 Å². The average Bonchev–Trinajstić information content (AvgIpc) is 3.24. The highest BCUT2D eigenvalue weighted by Crippen LogP contribution is 2.33. The van der Waals surface area contributed by atoms with Gasteiger partial charge in [-0.05, 0) is 31.2 Å². The second-order valence-electron chi connectivity index (χ2n) is 8.75. The molecular formula is C24H23Cl2FN6O2. The zero-order chi connectivity index (χ0) is 24.6. The van der Waals surface area contributed by atoms with Crippen LogP contribution < -0.4 is 15.0 Å². The van der Waals surface area contributed by atoms with Gasteiger partial charge in [-0.15, -0.1) is 0 Å². The van der Waals surface area contributed by atoms with Gasteiger partial charge < -0.3 is 20.1 Å². The Morgan fingerprint density at radius 3 is 2.69 bits per heavy atom. The lowest BCUT2D eigenvalue weighted by Gasteiger charge is -2.49. The Labute approximate surface area is 211 Å². The molecule has 0 bridgehead atoms. The van der Waals surface area contributed by atoms with Crippen LogP contribution in [0.1, 0.15) is 12.5 Å². The molecule has 0 aliphatic carbocycles. The van der Waals surface area contributed by atoms with Gasteiger partial charge in [0.2, 0.25) is 0 Å². The van der Waals surface area contributed by atoms with Crippen LogP contribution in [0.2, 0.25) is 10.0 Å². The molecule has 1 fully saturated rings. The largest absolute Gasteiger partial charge is 0.489 e. The number of anilines is 1. The van der Waals surface area contributed by atoms with E-state index in [9.17, 15) is 0 Å². The van der Waals surface area contributed by atoms with Crippen LogP contribution in [0.4, 0.5) is 10.2 Å². The molecule has 5 rings (SSSR count). The fourth-order valence-corrected chi connectivity index (χ4v) is 4.72. The molecule has 1 aliphatic rings. The van der Waals surface area contributed by atoms with Crippen molar-refractivity contribution in [2.75, 3.05) is 31.1 Å². The van der Waals surface area contributed by atoms with Gasteiger partial charge in [-0.25, -0.2) is 9.37 Å². The molecule has 0 amide bonds. The quantitative estimate of drug-likeness (QED) is 0.322. The zero-order valence-corrected chi connectivity index (χ0v) is 20.4. The smallest absolute Gasteiger partial charge is 0.166 e. The standard InChI is InChI=1S/C24H23Cl2FN6O2/c1-24(30-4-5-34)12-33(13-24)23-20(27)6-14(8-29-23)22-16-7-15(2-3-21(16)31-32-22)35-11-17-18(25)9-28-10-19(17)26/h2-3,6-10,30,34H,4-5,11-13H2,1H3,(H,31,32). The van der Waals surface area contributed by atoms with Crippen molar-refractivity contribution in [2.24, 2.45) is 0 Å².